The highest BCUT2D eigenvalue weighted by molar-refractivity contribution is 14.1. The molecule has 0 saturated carbocycles. The Morgan fingerprint density at radius 3 is 2.70 bits per heavy atom. The largest absolute Gasteiger partial charge is 0.310 e. The fourth-order valence-corrected chi connectivity index (χ4v) is 3.09. The van der Waals surface area contributed by atoms with Gasteiger partial charge in [0.2, 0.25) is 0 Å². The Morgan fingerprint density at radius 1 is 1.30 bits per heavy atom. The molecular formula is C15H21IN4. The van der Waals surface area contributed by atoms with Gasteiger partial charge < -0.3 is 5.32 Å². The van der Waals surface area contributed by atoms with Gasteiger partial charge in [-0.05, 0) is 54.6 Å². The maximum Gasteiger partial charge on any atom is 0.138 e. The third-order valence-corrected chi connectivity index (χ3v) is 4.24. The SMILES string of the molecule is CCNC(Cc1ncnn1C(C)C)c1ccccc1I. The smallest absolute Gasteiger partial charge is 0.138 e. The zero-order chi connectivity index (χ0) is 14.5. The molecule has 0 bridgehead atoms. The number of benzene rings is 1. The maximum absolute atomic E-state index is 4.42. The molecule has 1 aromatic heterocycles. The fourth-order valence-electron chi connectivity index (χ4n) is 2.33. The number of halogens is 1. The Bertz CT molecular complexity index is 550. The average Bonchev–Trinajstić information content (AvgIpc) is 2.87. The van der Waals surface area contributed by atoms with Crippen LogP contribution < -0.4 is 5.32 Å². The summed E-state index contributed by atoms with van der Waals surface area (Å²) in [6.07, 6.45) is 2.50. The Morgan fingerprint density at radius 2 is 2.05 bits per heavy atom. The molecule has 0 radical (unpaired) electrons. The van der Waals surface area contributed by atoms with Gasteiger partial charge in [-0.2, -0.15) is 5.10 Å². The first kappa shape index (κ1) is 15.4. The van der Waals surface area contributed by atoms with Gasteiger partial charge in [0.05, 0.1) is 0 Å². The normalized spacial score (nSPS) is 12.8. The van der Waals surface area contributed by atoms with Crippen LogP contribution in [0, 0.1) is 3.57 Å². The Hall–Kier alpha value is -0.950. The van der Waals surface area contributed by atoms with E-state index in [2.05, 4.69) is 83.0 Å². The predicted molar refractivity (Wildman–Crippen MR) is 89.7 cm³/mol. The highest BCUT2D eigenvalue weighted by atomic mass is 127. The van der Waals surface area contributed by atoms with Gasteiger partial charge >= 0.3 is 0 Å². The van der Waals surface area contributed by atoms with E-state index in [1.54, 1.807) is 6.33 Å². The predicted octanol–water partition coefficient (Wildman–Crippen LogP) is 3.36. The van der Waals surface area contributed by atoms with Crippen LogP contribution in [0.3, 0.4) is 0 Å². The number of aromatic nitrogens is 3. The van der Waals surface area contributed by atoms with Crippen molar-refractivity contribution in [2.24, 2.45) is 0 Å². The molecule has 2 rings (SSSR count). The quantitative estimate of drug-likeness (QED) is 0.777. The van der Waals surface area contributed by atoms with Gasteiger partial charge in [0.15, 0.2) is 0 Å². The molecule has 5 heteroatoms. The zero-order valence-corrected chi connectivity index (χ0v) is 14.3. The van der Waals surface area contributed by atoms with Crippen LogP contribution in [-0.4, -0.2) is 21.3 Å². The highest BCUT2D eigenvalue weighted by Crippen LogP contribution is 2.23. The number of nitrogens with one attached hydrogen (secondary N) is 1. The first-order chi connectivity index (χ1) is 9.63. The van der Waals surface area contributed by atoms with Crippen molar-refractivity contribution < 1.29 is 0 Å². The molecule has 20 heavy (non-hydrogen) atoms. The van der Waals surface area contributed by atoms with Crippen molar-refractivity contribution in [3.8, 4) is 0 Å². The van der Waals surface area contributed by atoms with Crippen molar-refractivity contribution in [3.63, 3.8) is 0 Å². The molecule has 1 heterocycles. The van der Waals surface area contributed by atoms with Gasteiger partial charge in [0, 0.05) is 22.1 Å². The van der Waals surface area contributed by atoms with E-state index >= 15 is 0 Å². The van der Waals surface area contributed by atoms with Crippen molar-refractivity contribution in [3.05, 3.63) is 45.6 Å². The van der Waals surface area contributed by atoms with Crippen LogP contribution >= 0.6 is 22.6 Å². The van der Waals surface area contributed by atoms with Crippen LogP contribution in [0.1, 0.15) is 44.2 Å². The van der Waals surface area contributed by atoms with Crippen LogP contribution in [0.25, 0.3) is 0 Å². The summed E-state index contributed by atoms with van der Waals surface area (Å²) < 4.78 is 3.28. The fraction of sp³-hybridized carbons (Fsp3) is 0.467. The summed E-state index contributed by atoms with van der Waals surface area (Å²) in [4.78, 5) is 4.42. The molecule has 1 N–H and O–H groups in total. The van der Waals surface area contributed by atoms with Crippen LogP contribution in [0.15, 0.2) is 30.6 Å². The summed E-state index contributed by atoms with van der Waals surface area (Å²) in [5.74, 6) is 1.03. The molecule has 2 aromatic rings. The van der Waals surface area contributed by atoms with Crippen LogP contribution in [0.2, 0.25) is 0 Å². The number of nitrogens with zero attached hydrogens (tertiary/aromatic N) is 3. The molecule has 1 aromatic carbocycles. The molecule has 0 saturated heterocycles. The third-order valence-electron chi connectivity index (χ3n) is 3.25. The molecule has 0 amide bonds. The molecule has 0 aliphatic rings. The second-order valence-corrected chi connectivity index (χ2v) is 6.21. The van der Waals surface area contributed by atoms with E-state index in [4.69, 9.17) is 0 Å². The number of rotatable bonds is 6. The summed E-state index contributed by atoms with van der Waals surface area (Å²) in [6, 6.07) is 9.11. The lowest BCUT2D eigenvalue weighted by Crippen LogP contribution is -2.25. The van der Waals surface area contributed by atoms with Crippen LogP contribution in [0.4, 0.5) is 0 Å². The van der Waals surface area contributed by atoms with Gasteiger partial charge in [-0.1, -0.05) is 25.1 Å². The minimum Gasteiger partial charge on any atom is -0.310 e. The van der Waals surface area contributed by atoms with E-state index < -0.39 is 0 Å². The molecule has 108 valence electrons. The lowest BCUT2D eigenvalue weighted by atomic mass is 10.0. The highest BCUT2D eigenvalue weighted by Gasteiger charge is 2.17. The minimum absolute atomic E-state index is 0.273. The van der Waals surface area contributed by atoms with Crippen LogP contribution in [-0.2, 0) is 6.42 Å². The van der Waals surface area contributed by atoms with E-state index in [9.17, 15) is 0 Å². The van der Waals surface area contributed by atoms with Crippen molar-refractivity contribution in [2.45, 2.75) is 39.3 Å². The Labute approximate surface area is 134 Å². The minimum atomic E-state index is 0.273. The number of hydrogen-bond donors (Lipinski definition) is 1. The molecule has 0 aliphatic carbocycles. The van der Waals surface area contributed by atoms with E-state index in [-0.39, 0.29) is 6.04 Å². The Balaban J connectivity index is 2.26. The summed E-state index contributed by atoms with van der Waals surface area (Å²) in [5.41, 5.74) is 1.33. The van der Waals surface area contributed by atoms with Crippen LogP contribution in [0.5, 0.6) is 0 Å². The topological polar surface area (TPSA) is 42.7 Å². The van der Waals surface area contributed by atoms with Gasteiger partial charge in [-0.25, -0.2) is 9.67 Å². The van der Waals surface area contributed by atoms with E-state index in [0.29, 0.717) is 6.04 Å². The lowest BCUT2D eigenvalue weighted by Gasteiger charge is -2.20. The van der Waals surface area contributed by atoms with E-state index in [1.807, 2.05) is 4.68 Å². The Kier molecular flexibility index (Phi) is 5.54. The van der Waals surface area contributed by atoms with Crippen molar-refractivity contribution in [1.29, 1.82) is 0 Å². The van der Waals surface area contributed by atoms with Gasteiger partial charge in [-0.15, -0.1) is 0 Å². The average molecular weight is 384 g/mol. The molecule has 0 fully saturated rings. The third kappa shape index (κ3) is 3.58. The first-order valence-electron chi connectivity index (χ1n) is 6.99. The summed E-state index contributed by atoms with van der Waals surface area (Å²) in [7, 11) is 0. The summed E-state index contributed by atoms with van der Waals surface area (Å²) in [5, 5.41) is 7.88. The number of likely N-dealkylation sites (N-methyl/N-ethyl adjacent to an activating group) is 1. The summed E-state index contributed by atoms with van der Waals surface area (Å²) >= 11 is 2.40. The maximum atomic E-state index is 4.42. The van der Waals surface area contributed by atoms with Gasteiger partial charge in [-0.3, -0.25) is 0 Å². The van der Waals surface area contributed by atoms with Crippen molar-refractivity contribution >= 4 is 22.6 Å². The second kappa shape index (κ2) is 7.17. The molecule has 0 spiro atoms. The lowest BCUT2D eigenvalue weighted by molar-refractivity contribution is 0.468. The molecule has 4 nitrogen and oxygen atoms in total. The standard InChI is InChI=1S/C15H21IN4/c1-4-17-14(12-7-5-6-8-13(12)16)9-15-18-10-19-20(15)11(2)3/h5-8,10-11,14,17H,4,9H2,1-3H3. The number of hydrogen-bond acceptors (Lipinski definition) is 3. The monoisotopic (exact) mass is 384 g/mol. The van der Waals surface area contributed by atoms with Gasteiger partial charge in [0.1, 0.15) is 12.2 Å². The second-order valence-electron chi connectivity index (χ2n) is 5.05. The molecule has 1 unspecified atom stereocenters. The first-order valence-corrected chi connectivity index (χ1v) is 8.07. The molecule has 1 atom stereocenters. The van der Waals surface area contributed by atoms with Crippen molar-refractivity contribution in [2.75, 3.05) is 6.54 Å². The summed E-state index contributed by atoms with van der Waals surface area (Å²) in [6.45, 7) is 7.33. The van der Waals surface area contributed by atoms with Crippen molar-refractivity contribution in [1.82, 2.24) is 20.1 Å². The van der Waals surface area contributed by atoms with Gasteiger partial charge in [0.25, 0.3) is 0 Å². The van der Waals surface area contributed by atoms with E-state index in [0.717, 1.165) is 18.8 Å². The zero-order valence-electron chi connectivity index (χ0n) is 12.2. The van der Waals surface area contributed by atoms with E-state index in [1.165, 1.54) is 9.13 Å². The molecule has 0 aliphatic heterocycles. The molecular weight excluding hydrogens is 363 g/mol.